The molecule has 0 aliphatic carbocycles. The number of nitrogens with one attached hydrogen (secondary N) is 3. The molecule has 21 heavy (non-hydrogen) atoms. The van der Waals surface area contributed by atoms with Crippen LogP contribution < -0.4 is 10.6 Å². The van der Waals surface area contributed by atoms with Gasteiger partial charge >= 0.3 is 0 Å². The zero-order valence-corrected chi connectivity index (χ0v) is 12.2. The lowest BCUT2D eigenvalue weighted by Gasteiger charge is -2.07. The molecule has 0 aliphatic heterocycles. The smallest absolute Gasteiger partial charge is 0.253 e. The summed E-state index contributed by atoms with van der Waals surface area (Å²) < 4.78 is 4.94. The second kappa shape index (κ2) is 8.24. The standard InChI is InChI=1S/C16H21N3O2/c1-21-10-9-17-7-8-19-16(20)15-12-18-11-14(15)13-5-3-2-4-6-13/h2-6,11-12,17-18H,7-10H2,1H3,(H,19,20). The average molecular weight is 287 g/mol. The molecule has 1 heterocycles. The molecule has 0 saturated carbocycles. The normalized spacial score (nSPS) is 10.5. The van der Waals surface area contributed by atoms with Gasteiger partial charge in [-0.25, -0.2) is 0 Å². The third-order valence-corrected chi connectivity index (χ3v) is 3.15. The van der Waals surface area contributed by atoms with Crippen LogP contribution in [0, 0.1) is 0 Å². The Labute approximate surface area is 124 Å². The number of methoxy groups -OCH3 is 1. The summed E-state index contributed by atoms with van der Waals surface area (Å²) in [6.45, 7) is 2.76. The average Bonchev–Trinajstić information content (AvgIpc) is 3.01. The number of amides is 1. The molecule has 0 radical (unpaired) electrons. The van der Waals surface area contributed by atoms with E-state index in [0.29, 0.717) is 18.7 Å². The van der Waals surface area contributed by atoms with Crippen LogP contribution in [0.15, 0.2) is 42.7 Å². The van der Waals surface area contributed by atoms with Crippen LogP contribution in [0.3, 0.4) is 0 Å². The Bertz CT molecular complexity index is 552. The lowest BCUT2D eigenvalue weighted by atomic mass is 10.0. The third kappa shape index (κ3) is 4.44. The molecule has 0 atom stereocenters. The predicted molar refractivity (Wildman–Crippen MR) is 83.3 cm³/mol. The van der Waals surface area contributed by atoms with Gasteiger partial charge in [-0.2, -0.15) is 0 Å². The number of aromatic nitrogens is 1. The van der Waals surface area contributed by atoms with E-state index < -0.39 is 0 Å². The number of carbonyl (C=O) groups is 1. The van der Waals surface area contributed by atoms with E-state index in [-0.39, 0.29) is 5.91 Å². The summed E-state index contributed by atoms with van der Waals surface area (Å²) in [5.41, 5.74) is 2.61. The van der Waals surface area contributed by atoms with Crippen LogP contribution in [0.25, 0.3) is 11.1 Å². The molecule has 5 nitrogen and oxygen atoms in total. The SMILES string of the molecule is COCCNCCNC(=O)c1c[nH]cc1-c1ccccc1. The molecule has 1 amide bonds. The fraction of sp³-hybridized carbons (Fsp3) is 0.312. The molecule has 3 N–H and O–H groups in total. The summed E-state index contributed by atoms with van der Waals surface area (Å²) >= 11 is 0. The van der Waals surface area contributed by atoms with Crippen molar-refractivity contribution in [1.29, 1.82) is 0 Å². The molecule has 5 heteroatoms. The second-order valence-electron chi connectivity index (χ2n) is 4.65. The summed E-state index contributed by atoms with van der Waals surface area (Å²) in [5, 5.41) is 6.10. The van der Waals surface area contributed by atoms with Crippen molar-refractivity contribution in [3.8, 4) is 11.1 Å². The summed E-state index contributed by atoms with van der Waals surface area (Å²) in [5.74, 6) is -0.0661. The number of carbonyl (C=O) groups excluding carboxylic acids is 1. The molecule has 0 bridgehead atoms. The van der Waals surface area contributed by atoms with Crippen LogP contribution >= 0.6 is 0 Å². The highest BCUT2D eigenvalue weighted by atomic mass is 16.5. The molecular weight excluding hydrogens is 266 g/mol. The second-order valence-corrected chi connectivity index (χ2v) is 4.65. The lowest BCUT2D eigenvalue weighted by molar-refractivity contribution is 0.0954. The summed E-state index contributed by atoms with van der Waals surface area (Å²) in [4.78, 5) is 15.2. The highest BCUT2D eigenvalue weighted by molar-refractivity contribution is 6.00. The van der Waals surface area contributed by atoms with Crippen molar-refractivity contribution < 1.29 is 9.53 Å². The van der Waals surface area contributed by atoms with Gasteiger partial charge in [-0.3, -0.25) is 4.79 Å². The van der Waals surface area contributed by atoms with Crippen molar-refractivity contribution in [3.05, 3.63) is 48.3 Å². The monoisotopic (exact) mass is 287 g/mol. The van der Waals surface area contributed by atoms with Gasteiger partial charge in [0.15, 0.2) is 0 Å². The van der Waals surface area contributed by atoms with Gasteiger partial charge in [-0.05, 0) is 5.56 Å². The number of aromatic amines is 1. The fourth-order valence-electron chi connectivity index (χ4n) is 2.07. The van der Waals surface area contributed by atoms with Crippen LogP contribution in [0.4, 0.5) is 0 Å². The Morgan fingerprint density at radius 1 is 1.14 bits per heavy atom. The quantitative estimate of drug-likeness (QED) is 0.647. The molecule has 1 aromatic carbocycles. The van der Waals surface area contributed by atoms with Crippen LogP contribution in [0.5, 0.6) is 0 Å². The van der Waals surface area contributed by atoms with Gasteiger partial charge in [0.25, 0.3) is 5.91 Å². The topological polar surface area (TPSA) is 66.2 Å². The first-order valence-electron chi connectivity index (χ1n) is 7.03. The highest BCUT2D eigenvalue weighted by Crippen LogP contribution is 2.22. The number of H-pyrrole nitrogens is 1. The molecule has 0 unspecified atom stereocenters. The van der Waals surface area contributed by atoms with Crippen LogP contribution in [-0.4, -0.2) is 44.2 Å². The molecule has 2 aromatic rings. The lowest BCUT2D eigenvalue weighted by Crippen LogP contribution is -2.33. The van der Waals surface area contributed by atoms with Gasteiger partial charge in [0, 0.05) is 44.7 Å². The van der Waals surface area contributed by atoms with Crippen molar-refractivity contribution >= 4 is 5.91 Å². The number of hydrogen-bond donors (Lipinski definition) is 3. The summed E-state index contributed by atoms with van der Waals surface area (Å²) in [7, 11) is 1.67. The van der Waals surface area contributed by atoms with Crippen molar-refractivity contribution in [2.75, 3.05) is 33.4 Å². The first kappa shape index (κ1) is 15.3. The molecule has 1 aromatic heterocycles. The molecule has 0 aliphatic rings. The van der Waals surface area contributed by atoms with Gasteiger partial charge in [0.2, 0.25) is 0 Å². The van der Waals surface area contributed by atoms with Gasteiger partial charge in [0.1, 0.15) is 0 Å². The van der Waals surface area contributed by atoms with Crippen LogP contribution in [0.2, 0.25) is 0 Å². The van der Waals surface area contributed by atoms with Crippen LogP contribution in [-0.2, 0) is 4.74 Å². The zero-order chi connectivity index (χ0) is 14.9. The van der Waals surface area contributed by atoms with E-state index in [1.807, 2.05) is 36.5 Å². The number of ether oxygens (including phenoxy) is 1. The molecular formula is C16H21N3O2. The van der Waals surface area contributed by atoms with E-state index in [1.165, 1.54) is 0 Å². The summed E-state index contributed by atoms with van der Waals surface area (Å²) in [6.07, 6.45) is 3.58. The van der Waals surface area contributed by atoms with E-state index in [9.17, 15) is 4.79 Å². The van der Waals surface area contributed by atoms with E-state index in [4.69, 9.17) is 4.74 Å². The first-order valence-corrected chi connectivity index (χ1v) is 7.03. The molecule has 0 fully saturated rings. The van der Waals surface area contributed by atoms with Crippen molar-refractivity contribution in [2.24, 2.45) is 0 Å². The minimum atomic E-state index is -0.0661. The molecule has 0 spiro atoms. The van der Waals surface area contributed by atoms with E-state index in [2.05, 4.69) is 15.6 Å². The van der Waals surface area contributed by atoms with Gasteiger partial charge in [-0.1, -0.05) is 30.3 Å². The third-order valence-electron chi connectivity index (χ3n) is 3.15. The minimum absolute atomic E-state index is 0.0661. The largest absolute Gasteiger partial charge is 0.383 e. The van der Waals surface area contributed by atoms with Gasteiger partial charge in [-0.15, -0.1) is 0 Å². The van der Waals surface area contributed by atoms with Gasteiger partial charge < -0.3 is 20.4 Å². The van der Waals surface area contributed by atoms with Crippen molar-refractivity contribution in [2.45, 2.75) is 0 Å². The number of hydrogen-bond acceptors (Lipinski definition) is 3. The van der Waals surface area contributed by atoms with E-state index in [0.717, 1.165) is 24.2 Å². The zero-order valence-electron chi connectivity index (χ0n) is 12.2. The fourth-order valence-corrected chi connectivity index (χ4v) is 2.07. The predicted octanol–water partition coefficient (Wildman–Crippen LogP) is 1.65. The van der Waals surface area contributed by atoms with Crippen molar-refractivity contribution in [1.82, 2.24) is 15.6 Å². The van der Waals surface area contributed by atoms with Crippen LogP contribution in [0.1, 0.15) is 10.4 Å². The first-order chi connectivity index (χ1) is 10.3. The number of benzene rings is 1. The van der Waals surface area contributed by atoms with E-state index in [1.54, 1.807) is 13.3 Å². The molecule has 112 valence electrons. The maximum absolute atomic E-state index is 12.2. The highest BCUT2D eigenvalue weighted by Gasteiger charge is 2.12. The maximum atomic E-state index is 12.2. The van der Waals surface area contributed by atoms with Crippen molar-refractivity contribution in [3.63, 3.8) is 0 Å². The Hall–Kier alpha value is -2.11. The summed E-state index contributed by atoms with van der Waals surface area (Å²) in [6, 6.07) is 9.87. The molecule has 2 rings (SSSR count). The Morgan fingerprint density at radius 3 is 2.71 bits per heavy atom. The Kier molecular flexibility index (Phi) is 5.99. The van der Waals surface area contributed by atoms with E-state index >= 15 is 0 Å². The van der Waals surface area contributed by atoms with Gasteiger partial charge in [0.05, 0.1) is 12.2 Å². The Morgan fingerprint density at radius 2 is 1.95 bits per heavy atom. The minimum Gasteiger partial charge on any atom is -0.383 e. The Balaban J connectivity index is 1.88. The number of rotatable bonds is 8. The molecule has 0 saturated heterocycles. The maximum Gasteiger partial charge on any atom is 0.253 e.